The Hall–Kier alpha value is -1.75. The molecule has 1 aromatic rings. The Morgan fingerprint density at radius 1 is 0.963 bits per heavy atom. The zero-order valence-corrected chi connectivity index (χ0v) is 16.3. The number of halogens is 1. The van der Waals surface area contributed by atoms with Crippen molar-refractivity contribution in [2.45, 2.75) is 38.5 Å². The van der Waals surface area contributed by atoms with Crippen LogP contribution in [-0.4, -0.2) is 31.5 Å². The molecule has 1 aromatic carbocycles. The molecule has 0 spiro atoms. The predicted octanol–water partition coefficient (Wildman–Crippen LogP) is 3.17. The third kappa shape index (κ3) is 4.23. The lowest BCUT2D eigenvalue weighted by molar-refractivity contribution is -0.146. The SMILES string of the molecule is O=C(COc1ccc(Cl)cc1)NCCNC(=O)C12CC3CC(CC(C3)C1)C2. The largest absolute Gasteiger partial charge is 0.484 e. The topological polar surface area (TPSA) is 67.4 Å². The molecule has 0 saturated heterocycles. The lowest BCUT2D eigenvalue weighted by Crippen LogP contribution is -2.54. The fraction of sp³-hybridized carbons (Fsp3) is 0.619. The summed E-state index contributed by atoms with van der Waals surface area (Å²) in [6.45, 7) is 0.832. The van der Waals surface area contributed by atoms with Crippen LogP contribution < -0.4 is 15.4 Å². The van der Waals surface area contributed by atoms with Crippen LogP contribution >= 0.6 is 11.6 Å². The average Bonchev–Trinajstić information content (AvgIpc) is 2.63. The van der Waals surface area contributed by atoms with E-state index in [0.717, 1.165) is 37.0 Å². The summed E-state index contributed by atoms with van der Waals surface area (Å²) in [6, 6.07) is 6.88. The average molecular weight is 391 g/mol. The van der Waals surface area contributed by atoms with Crippen LogP contribution in [0.4, 0.5) is 0 Å². The number of carbonyl (C=O) groups excluding carboxylic acids is 2. The highest BCUT2D eigenvalue weighted by atomic mass is 35.5. The Morgan fingerprint density at radius 3 is 2.11 bits per heavy atom. The molecule has 4 bridgehead atoms. The van der Waals surface area contributed by atoms with Crippen molar-refractivity contribution in [2.75, 3.05) is 19.7 Å². The lowest BCUT2D eigenvalue weighted by atomic mass is 9.49. The number of hydrogen-bond donors (Lipinski definition) is 2. The number of amides is 2. The molecule has 4 aliphatic rings. The molecule has 0 aliphatic heterocycles. The lowest BCUT2D eigenvalue weighted by Gasteiger charge is -2.55. The first-order valence-corrected chi connectivity index (χ1v) is 10.3. The van der Waals surface area contributed by atoms with Crippen molar-refractivity contribution in [3.8, 4) is 5.75 Å². The van der Waals surface area contributed by atoms with Crippen LogP contribution in [0.3, 0.4) is 0 Å². The first kappa shape index (κ1) is 18.6. The number of ether oxygens (including phenoxy) is 1. The van der Waals surface area contributed by atoms with Gasteiger partial charge in [0.2, 0.25) is 5.91 Å². The van der Waals surface area contributed by atoms with Crippen LogP contribution in [0.2, 0.25) is 5.02 Å². The summed E-state index contributed by atoms with van der Waals surface area (Å²) < 4.78 is 5.41. The summed E-state index contributed by atoms with van der Waals surface area (Å²) >= 11 is 5.81. The van der Waals surface area contributed by atoms with E-state index in [4.69, 9.17) is 16.3 Å². The van der Waals surface area contributed by atoms with Crippen molar-refractivity contribution in [1.82, 2.24) is 10.6 Å². The zero-order chi connectivity index (χ0) is 18.9. The second-order valence-electron chi connectivity index (χ2n) is 8.55. The highest BCUT2D eigenvalue weighted by molar-refractivity contribution is 6.30. The van der Waals surface area contributed by atoms with Gasteiger partial charge in [0.25, 0.3) is 5.91 Å². The standard InChI is InChI=1S/C21H27ClN2O3/c22-17-1-3-18(4-2-17)27-13-19(25)23-5-6-24-20(26)21-10-14-7-15(11-21)9-16(8-14)12-21/h1-4,14-16H,5-13H2,(H,23,25)(H,24,26). The van der Waals surface area contributed by atoms with Crippen LogP contribution in [0.5, 0.6) is 5.75 Å². The fourth-order valence-electron chi connectivity index (χ4n) is 5.68. The van der Waals surface area contributed by atoms with Crippen molar-refractivity contribution in [3.63, 3.8) is 0 Å². The minimum Gasteiger partial charge on any atom is -0.484 e. The Labute approximate surface area is 165 Å². The van der Waals surface area contributed by atoms with Gasteiger partial charge >= 0.3 is 0 Å². The van der Waals surface area contributed by atoms with Gasteiger partial charge in [-0.05, 0) is 80.5 Å². The number of rotatable bonds is 7. The smallest absolute Gasteiger partial charge is 0.258 e. The Bertz CT molecular complexity index is 669. The van der Waals surface area contributed by atoms with E-state index >= 15 is 0 Å². The minimum atomic E-state index is -0.200. The van der Waals surface area contributed by atoms with Crippen molar-refractivity contribution in [1.29, 1.82) is 0 Å². The van der Waals surface area contributed by atoms with Crippen molar-refractivity contribution < 1.29 is 14.3 Å². The van der Waals surface area contributed by atoms with Gasteiger partial charge in [-0.1, -0.05) is 11.6 Å². The summed E-state index contributed by atoms with van der Waals surface area (Å²) in [7, 11) is 0. The molecule has 2 N–H and O–H groups in total. The fourth-order valence-corrected chi connectivity index (χ4v) is 5.81. The van der Waals surface area contributed by atoms with Gasteiger partial charge in [0.15, 0.2) is 6.61 Å². The maximum absolute atomic E-state index is 12.8. The van der Waals surface area contributed by atoms with Gasteiger partial charge in [0, 0.05) is 23.5 Å². The van der Waals surface area contributed by atoms with E-state index in [-0.39, 0.29) is 23.8 Å². The maximum Gasteiger partial charge on any atom is 0.258 e. The normalized spacial score (nSPS) is 30.8. The molecule has 0 atom stereocenters. The van der Waals surface area contributed by atoms with E-state index < -0.39 is 0 Å². The Kier molecular flexibility index (Phi) is 5.31. The zero-order valence-electron chi connectivity index (χ0n) is 15.5. The van der Waals surface area contributed by atoms with E-state index in [1.165, 1.54) is 19.3 Å². The molecule has 4 fully saturated rings. The van der Waals surface area contributed by atoms with Crippen LogP contribution in [-0.2, 0) is 9.59 Å². The quantitative estimate of drug-likeness (QED) is 0.703. The van der Waals surface area contributed by atoms with Crippen LogP contribution in [0.25, 0.3) is 0 Å². The second kappa shape index (κ2) is 7.70. The van der Waals surface area contributed by atoms with E-state index in [2.05, 4.69) is 10.6 Å². The number of carbonyl (C=O) groups is 2. The first-order valence-electron chi connectivity index (χ1n) is 9.96. The van der Waals surface area contributed by atoms with Gasteiger partial charge in [0.1, 0.15) is 5.75 Å². The molecule has 0 unspecified atom stereocenters. The minimum absolute atomic E-state index is 0.0510. The summed E-state index contributed by atoms with van der Waals surface area (Å²) in [4.78, 5) is 24.7. The van der Waals surface area contributed by atoms with Crippen molar-refractivity contribution in [3.05, 3.63) is 29.3 Å². The van der Waals surface area contributed by atoms with Gasteiger partial charge < -0.3 is 15.4 Å². The molecule has 27 heavy (non-hydrogen) atoms. The van der Waals surface area contributed by atoms with Crippen LogP contribution in [0.15, 0.2) is 24.3 Å². The first-order chi connectivity index (χ1) is 13.0. The Morgan fingerprint density at radius 2 is 1.52 bits per heavy atom. The number of nitrogens with one attached hydrogen (secondary N) is 2. The third-order valence-electron chi connectivity index (χ3n) is 6.44. The Balaban J connectivity index is 1.16. The summed E-state index contributed by atoms with van der Waals surface area (Å²) in [5.41, 5.74) is -0.129. The monoisotopic (exact) mass is 390 g/mol. The number of benzene rings is 1. The summed E-state index contributed by atoms with van der Waals surface area (Å²) in [5.74, 6) is 2.87. The number of hydrogen-bond acceptors (Lipinski definition) is 3. The van der Waals surface area contributed by atoms with Crippen LogP contribution in [0, 0.1) is 23.2 Å². The predicted molar refractivity (Wildman–Crippen MR) is 104 cm³/mol. The van der Waals surface area contributed by atoms with E-state index in [0.29, 0.717) is 23.9 Å². The third-order valence-corrected chi connectivity index (χ3v) is 6.69. The second-order valence-corrected chi connectivity index (χ2v) is 8.98. The van der Waals surface area contributed by atoms with Gasteiger partial charge in [-0.15, -0.1) is 0 Å². The molecular formula is C21H27ClN2O3. The van der Waals surface area contributed by atoms with Gasteiger partial charge in [-0.2, -0.15) is 0 Å². The van der Waals surface area contributed by atoms with Gasteiger partial charge in [-0.25, -0.2) is 0 Å². The van der Waals surface area contributed by atoms with Gasteiger partial charge in [0.05, 0.1) is 0 Å². The molecule has 0 heterocycles. The van der Waals surface area contributed by atoms with Crippen LogP contribution in [0.1, 0.15) is 38.5 Å². The molecule has 5 rings (SSSR count). The highest BCUT2D eigenvalue weighted by Crippen LogP contribution is 2.60. The molecule has 6 heteroatoms. The van der Waals surface area contributed by atoms with E-state index in [1.807, 2.05) is 0 Å². The summed E-state index contributed by atoms with van der Waals surface area (Å²) in [5, 5.41) is 6.48. The molecule has 2 amide bonds. The molecule has 5 nitrogen and oxygen atoms in total. The molecule has 0 aromatic heterocycles. The molecule has 4 saturated carbocycles. The summed E-state index contributed by atoms with van der Waals surface area (Å²) in [6.07, 6.45) is 7.17. The molecule has 146 valence electrons. The van der Waals surface area contributed by atoms with Crippen molar-refractivity contribution in [2.24, 2.45) is 23.2 Å². The molecule has 4 aliphatic carbocycles. The van der Waals surface area contributed by atoms with E-state index in [1.54, 1.807) is 24.3 Å². The van der Waals surface area contributed by atoms with E-state index in [9.17, 15) is 9.59 Å². The van der Waals surface area contributed by atoms with Gasteiger partial charge in [-0.3, -0.25) is 9.59 Å². The maximum atomic E-state index is 12.8. The van der Waals surface area contributed by atoms with Crippen molar-refractivity contribution >= 4 is 23.4 Å². The highest BCUT2D eigenvalue weighted by Gasteiger charge is 2.54. The molecular weight excluding hydrogens is 364 g/mol. The molecule has 0 radical (unpaired) electrons.